The zero-order valence-electron chi connectivity index (χ0n) is 9.75. The van der Waals surface area contributed by atoms with E-state index in [4.69, 9.17) is 0 Å². The molecule has 0 aliphatic carbocycles. The number of anilines is 1. The van der Waals surface area contributed by atoms with Crippen molar-refractivity contribution < 1.29 is 23.1 Å². The number of phenols is 1. The normalized spacial score (nSPS) is 20.1. The van der Waals surface area contributed by atoms with Crippen LogP contribution in [-0.4, -0.2) is 22.9 Å². The number of carbonyl (C=O) groups excluding carboxylic acids is 1. The number of phenolic OH excluding ortho intramolecular Hbond substituents is 1. The molecule has 1 aromatic carbocycles. The molecule has 1 amide bonds. The minimum Gasteiger partial charge on any atom is -0.506 e. The largest absolute Gasteiger partial charge is 0.506 e. The second kappa shape index (κ2) is 5.03. The van der Waals surface area contributed by atoms with Crippen molar-refractivity contribution in [2.75, 3.05) is 16.8 Å². The summed E-state index contributed by atoms with van der Waals surface area (Å²) in [6.07, 6.45) is -4.24. The van der Waals surface area contributed by atoms with Crippen molar-refractivity contribution in [3.8, 4) is 5.75 Å². The molecule has 1 atom stereocenters. The highest BCUT2D eigenvalue weighted by molar-refractivity contribution is 9.09. The van der Waals surface area contributed by atoms with Crippen LogP contribution in [0.1, 0.15) is 12.0 Å². The topological polar surface area (TPSA) is 40.5 Å². The van der Waals surface area contributed by atoms with E-state index < -0.39 is 11.7 Å². The number of aromatic hydroxyl groups is 1. The summed E-state index contributed by atoms with van der Waals surface area (Å²) in [4.78, 5) is 13.0. The van der Waals surface area contributed by atoms with E-state index in [2.05, 4.69) is 15.9 Å². The highest BCUT2D eigenvalue weighted by Crippen LogP contribution is 2.38. The van der Waals surface area contributed by atoms with Gasteiger partial charge < -0.3 is 10.0 Å². The Morgan fingerprint density at radius 1 is 1.42 bits per heavy atom. The van der Waals surface area contributed by atoms with Gasteiger partial charge in [-0.15, -0.1) is 0 Å². The molecular formula is C12H11BrF3NO2. The third kappa shape index (κ3) is 2.86. The number of amides is 1. The molecule has 7 heteroatoms. The Morgan fingerprint density at radius 2 is 2.11 bits per heavy atom. The summed E-state index contributed by atoms with van der Waals surface area (Å²) in [5.41, 5.74) is -0.960. The van der Waals surface area contributed by atoms with Gasteiger partial charge in [-0.25, -0.2) is 0 Å². The molecule has 1 heterocycles. The van der Waals surface area contributed by atoms with Crippen molar-refractivity contribution in [3.05, 3.63) is 23.8 Å². The van der Waals surface area contributed by atoms with E-state index in [1.165, 1.54) is 4.90 Å². The average molecular weight is 338 g/mol. The summed E-state index contributed by atoms with van der Waals surface area (Å²) in [6, 6.07) is 2.57. The smallest absolute Gasteiger partial charge is 0.416 e. The van der Waals surface area contributed by atoms with Crippen molar-refractivity contribution in [2.45, 2.75) is 12.6 Å². The van der Waals surface area contributed by atoms with E-state index in [1.54, 1.807) is 0 Å². The van der Waals surface area contributed by atoms with E-state index in [1.807, 2.05) is 0 Å². The van der Waals surface area contributed by atoms with Crippen LogP contribution in [0.3, 0.4) is 0 Å². The number of halogens is 4. The Hall–Kier alpha value is -1.24. The summed E-state index contributed by atoms with van der Waals surface area (Å²) < 4.78 is 37.9. The van der Waals surface area contributed by atoms with Crippen LogP contribution in [0.4, 0.5) is 18.9 Å². The van der Waals surface area contributed by atoms with Crippen LogP contribution in [0.2, 0.25) is 0 Å². The van der Waals surface area contributed by atoms with Gasteiger partial charge in [-0.2, -0.15) is 13.2 Å². The lowest BCUT2D eigenvalue weighted by atomic mass is 10.1. The Balaban J connectivity index is 2.37. The molecule has 104 valence electrons. The molecule has 3 nitrogen and oxygen atoms in total. The standard InChI is InChI=1S/C12H11BrF3NO2/c13-5-7-3-11(19)17(6-7)9-4-8(12(14,15)16)1-2-10(9)18/h1-2,4,7,18H,3,5-6H2. The Bertz CT molecular complexity index is 504. The minimum absolute atomic E-state index is 0.0430. The molecule has 0 aromatic heterocycles. The molecule has 1 aromatic rings. The number of carbonyl (C=O) groups is 1. The molecule has 1 aliphatic rings. The molecule has 1 aliphatic heterocycles. The Kier molecular flexibility index (Phi) is 3.75. The molecule has 0 saturated carbocycles. The maximum absolute atomic E-state index is 12.6. The van der Waals surface area contributed by atoms with E-state index in [0.29, 0.717) is 11.9 Å². The number of nitrogens with zero attached hydrogens (tertiary/aromatic N) is 1. The predicted octanol–water partition coefficient (Wildman–Crippen LogP) is 3.16. The van der Waals surface area contributed by atoms with Crippen molar-refractivity contribution in [1.82, 2.24) is 0 Å². The van der Waals surface area contributed by atoms with Gasteiger partial charge in [0, 0.05) is 18.3 Å². The van der Waals surface area contributed by atoms with Gasteiger partial charge in [0.25, 0.3) is 0 Å². The number of rotatable bonds is 2. The maximum atomic E-state index is 12.6. The van der Waals surface area contributed by atoms with Gasteiger partial charge >= 0.3 is 6.18 Å². The zero-order valence-corrected chi connectivity index (χ0v) is 11.3. The second-order valence-corrected chi connectivity index (χ2v) is 5.08. The molecule has 1 saturated heterocycles. The van der Waals surface area contributed by atoms with Gasteiger partial charge in [0.15, 0.2) is 0 Å². The highest BCUT2D eigenvalue weighted by atomic mass is 79.9. The minimum atomic E-state index is -4.50. The van der Waals surface area contributed by atoms with Gasteiger partial charge in [-0.1, -0.05) is 15.9 Å². The summed E-state index contributed by atoms with van der Waals surface area (Å²) in [6.45, 7) is 0.305. The molecule has 1 unspecified atom stereocenters. The first kappa shape index (κ1) is 14.2. The lowest BCUT2D eigenvalue weighted by molar-refractivity contribution is -0.137. The predicted molar refractivity (Wildman–Crippen MR) is 67.4 cm³/mol. The van der Waals surface area contributed by atoms with Gasteiger partial charge in [0.1, 0.15) is 5.75 Å². The van der Waals surface area contributed by atoms with Gasteiger partial charge in [-0.05, 0) is 24.1 Å². The fraction of sp³-hybridized carbons (Fsp3) is 0.417. The van der Waals surface area contributed by atoms with Crippen molar-refractivity contribution in [3.63, 3.8) is 0 Å². The first-order valence-electron chi connectivity index (χ1n) is 5.59. The summed E-state index contributed by atoms with van der Waals surface area (Å²) in [5.74, 6) is -0.558. The quantitative estimate of drug-likeness (QED) is 0.842. The molecule has 0 spiro atoms. The van der Waals surface area contributed by atoms with Crippen LogP contribution in [0, 0.1) is 5.92 Å². The molecule has 1 fully saturated rings. The lowest BCUT2D eigenvalue weighted by Gasteiger charge is -2.19. The SMILES string of the molecule is O=C1CC(CBr)CN1c1cc(C(F)(F)F)ccc1O. The molecular weight excluding hydrogens is 327 g/mol. The van der Waals surface area contributed by atoms with E-state index in [9.17, 15) is 23.1 Å². The van der Waals surface area contributed by atoms with E-state index in [-0.39, 0.29) is 29.7 Å². The van der Waals surface area contributed by atoms with Crippen LogP contribution >= 0.6 is 15.9 Å². The first-order valence-corrected chi connectivity index (χ1v) is 6.71. The van der Waals surface area contributed by atoms with Crippen LogP contribution in [0.25, 0.3) is 0 Å². The molecule has 1 N–H and O–H groups in total. The van der Waals surface area contributed by atoms with E-state index >= 15 is 0 Å². The second-order valence-electron chi connectivity index (χ2n) is 4.43. The summed E-state index contributed by atoms with van der Waals surface area (Å²) in [5, 5.41) is 10.3. The molecule has 2 rings (SSSR count). The van der Waals surface area contributed by atoms with Gasteiger partial charge in [0.2, 0.25) is 5.91 Å². The maximum Gasteiger partial charge on any atom is 0.416 e. The average Bonchev–Trinajstić information content (AvgIpc) is 2.69. The van der Waals surface area contributed by atoms with Crippen LogP contribution in [-0.2, 0) is 11.0 Å². The number of benzene rings is 1. The zero-order chi connectivity index (χ0) is 14.2. The monoisotopic (exact) mass is 337 g/mol. The van der Waals surface area contributed by atoms with Crippen molar-refractivity contribution in [1.29, 1.82) is 0 Å². The third-order valence-corrected chi connectivity index (χ3v) is 3.93. The summed E-state index contributed by atoms with van der Waals surface area (Å²) >= 11 is 3.25. The Morgan fingerprint density at radius 3 is 2.63 bits per heavy atom. The summed E-state index contributed by atoms with van der Waals surface area (Å²) in [7, 11) is 0. The molecule has 19 heavy (non-hydrogen) atoms. The molecule has 0 bridgehead atoms. The number of hydrogen-bond donors (Lipinski definition) is 1. The van der Waals surface area contributed by atoms with Crippen molar-refractivity contribution >= 4 is 27.5 Å². The number of alkyl halides is 4. The van der Waals surface area contributed by atoms with Crippen LogP contribution in [0.15, 0.2) is 18.2 Å². The first-order chi connectivity index (χ1) is 8.82. The fourth-order valence-corrected chi connectivity index (χ4v) is 2.47. The third-order valence-electron chi connectivity index (χ3n) is 3.02. The highest BCUT2D eigenvalue weighted by Gasteiger charge is 2.35. The van der Waals surface area contributed by atoms with Crippen LogP contribution in [0.5, 0.6) is 5.75 Å². The van der Waals surface area contributed by atoms with Gasteiger partial charge in [0.05, 0.1) is 11.3 Å². The van der Waals surface area contributed by atoms with Gasteiger partial charge in [-0.3, -0.25) is 4.79 Å². The Labute approximate surface area is 116 Å². The van der Waals surface area contributed by atoms with Crippen LogP contribution < -0.4 is 4.90 Å². The molecule has 0 radical (unpaired) electrons. The number of hydrogen-bond acceptors (Lipinski definition) is 2. The van der Waals surface area contributed by atoms with Crippen molar-refractivity contribution in [2.24, 2.45) is 5.92 Å². The lowest BCUT2D eigenvalue weighted by Crippen LogP contribution is -2.25. The van der Waals surface area contributed by atoms with E-state index in [0.717, 1.165) is 18.2 Å². The fourth-order valence-electron chi connectivity index (χ4n) is 2.03.